The summed E-state index contributed by atoms with van der Waals surface area (Å²) in [6, 6.07) is 20.3. The lowest BCUT2D eigenvalue weighted by Crippen LogP contribution is -2.54. The van der Waals surface area contributed by atoms with Gasteiger partial charge >= 0.3 is 0 Å². The van der Waals surface area contributed by atoms with Crippen molar-refractivity contribution in [1.82, 2.24) is 19.7 Å². The summed E-state index contributed by atoms with van der Waals surface area (Å²) in [5.74, 6) is 0.416. The minimum atomic E-state index is -0.837. The summed E-state index contributed by atoms with van der Waals surface area (Å²) in [5.41, 5.74) is 2.47. The number of nitrogens with zero attached hydrogens (tertiary/aromatic N) is 4. The third-order valence-corrected chi connectivity index (χ3v) is 8.70. The second-order valence-electron chi connectivity index (χ2n) is 11.2. The van der Waals surface area contributed by atoms with Crippen LogP contribution in [0.4, 0.5) is 0 Å². The van der Waals surface area contributed by atoms with Crippen LogP contribution in [0.25, 0.3) is 6.20 Å². The molecule has 0 saturated carbocycles. The molecule has 2 aromatic carbocycles. The lowest BCUT2D eigenvalue weighted by Gasteiger charge is -2.43. The number of β-amino-alcohol motifs (C(OH)–C–C–N with tert-alkyl or cyclic N) is 1. The first-order valence-corrected chi connectivity index (χ1v) is 14.3. The van der Waals surface area contributed by atoms with Gasteiger partial charge in [-0.25, -0.2) is 4.99 Å². The predicted molar refractivity (Wildman–Crippen MR) is 153 cm³/mol. The number of carbonyl (C=O) groups excluding carboxylic acids is 1. The number of aromatic nitrogens is 1. The Kier molecular flexibility index (Phi) is 7.47. The Hall–Kier alpha value is -3.13. The van der Waals surface area contributed by atoms with Gasteiger partial charge in [0.15, 0.2) is 0 Å². The fraction of sp³-hybridized carbons (Fsp3) is 0.419. The summed E-state index contributed by atoms with van der Waals surface area (Å²) >= 11 is 6.16. The summed E-state index contributed by atoms with van der Waals surface area (Å²) in [6.45, 7) is 4.61. The van der Waals surface area contributed by atoms with Crippen LogP contribution in [0.15, 0.2) is 71.9 Å². The number of benzene rings is 2. The van der Waals surface area contributed by atoms with Crippen LogP contribution in [0.1, 0.15) is 36.3 Å². The van der Waals surface area contributed by atoms with Gasteiger partial charge in [-0.1, -0.05) is 54.1 Å². The maximum absolute atomic E-state index is 13.6. The highest BCUT2D eigenvalue weighted by molar-refractivity contribution is 6.30. The monoisotopic (exact) mass is 545 g/mol. The van der Waals surface area contributed by atoms with Crippen LogP contribution in [-0.2, 0) is 11.3 Å². The summed E-state index contributed by atoms with van der Waals surface area (Å²) in [6.07, 6.45) is 6.16. The van der Waals surface area contributed by atoms with Gasteiger partial charge < -0.3 is 24.8 Å². The molecule has 1 amide bonds. The molecule has 39 heavy (non-hydrogen) atoms. The normalized spacial score (nSPS) is 22.5. The van der Waals surface area contributed by atoms with Crippen molar-refractivity contribution in [3.05, 3.63) is 93.7 Å². The first-order chi connectivity index (χ1) is 19.0. The number of fused-ring (bicyclic) bond motifs is 1. The van der Waals surface area contributed by atoms with E-state index in [9.17, 15) is 9.90 Å². The van der Waals surface area contributed by atoms with E-state index in [2.05, 4.69) is 51.4 Å². The van der Waals surface area contributed by atoms with Crippen LogP contribution in [0.3, 0.4) is 0 Å². The molecule has 2 saturated heterocycles. The van der Waals surface area contributed by atoms with Gasteiger partial charge in [0.2, 0.25) is 5.91 Å². The average Bonchev–Trinajstić information content (AvgIpc) is 3.35. The third-order valence-electron chi connectivity index (χ3n) is 8.46. The lowest BCUT2D eigenvalue weighted by atomic mass is 9.80. The first-order valence-electron chi connectivity index (χ1n) is 13.9. The van der Waals surface area contributed by atoms with Crippen LogP contribution < -0.4 is 16.0 Å². The number of nitrogens with one attached hydrogen (secondary N) is 1. The summed E-state index contributed by atoms with van der Waals surface area (Å²) < 4.78 is 2.14. The first kappa shape index (κ1) is 26.1. The Balaban J connectivity index is 1.08. The van der Waals surface area contributed by atoms with Crippen molar-refractivity contribution in [3.63, 3.8) is 0 Å². The zero-order chi connectivity index (χ0) is 26.8. The molecular weight excluding hydrogens is 510 g/mol. The molecule has 0 unspecified atom stereocenters. The zero-order valence-electron chi connectivity index (χ0n) is 22.2. The highest BCUT2D eigenvalue weighted by atomic mass is 35.5. The molecule has 3 aliphatic heterocycles. The van der Waals surface area contributed by atoms with E-state index in [4.69, 9.17) is 16.6 Å². The molecule has 4 heterocycles. The number of hydrogen-bond acceptors (Lipinski definition) is 5. The van der Waals surface area contributed by atoms with E-state index < -0.39 is 5.60 Å². The van der Waals surface area contributed by atoms with E-state index in [1.807, 2.05) is 41.3 Å². The third kappa shape index (κ3) is 5.76. The van der Waals surface area contributed by atoms with Crippen molar-refractivity contribution in [2.45, 2.75) is 37.3 Å². The van der Waals surface area contributed by atoms with Crippen molar-refractivity contribution in [2.24, 2.45) is 10.9 Å². The largest absolute Gasteiger partial charge is 0.388 e. The number of rotatable bonds is 6. The molecule has 2 atom stereocenters. The molecule has 8 heteroatoms. The molecule has 2 fully saturated rings. The Morgan fingerprint density at radius 1 is 1.10 bits per heavy atom. The quantitative estimate of drug-likeness (QED) is 0.499. The van der Waals surface area contributed by atoms with E-state index in [1.54, 1.807) is 0 Å². The molecule has 2 N–H and O–H groups in total. The predicted octanol–water partition coefficient (Wildman–Crippen LogP) is 2.57. The number of hydrogen-bond donors (Lipinski definition) is 2. The van der Waals surface area contributed by atoms with E-state index >= 15 is 0 Å². The number of aliphatic hydroxyl groups is 1. The Labute approximate surface area is 234 Å². The van der Waals surface area contributed by atoms with Crippen molar-refractivity contribution in [1.29, 1.82) is 0 Å². The minimum absolute atomic E-state index is 0.0107. The topological polar surface area (TPSA) is 73.1 Å². The number of piperidine rings is 2. The molecule has 3 aliphatic rings. The van der Waals surface area contributed by atoms with Crippen molar-refractivity contribution >= 4 is 23.7 Å². The van der Waals surface area contributed by atoms with Crippen LogP contribution in [0.5, 0.6) is 0 Å². The van der Waals surface area contributed by atoms with Crippen LogP contribution in [0, 0.1) is 5.92 Å². The average molecular weight is 546 g/mol. The number of carbonyl (C=O) groups is 1. The number of likely N-dealkylation sites (tertiary alicyclic amines) is 1. The van der Waals surface area contributed by atoms with E-state index in [0.717, 1.165) is 40.8 Å². The number of amides is 1. The molecule has 0 aliphatic carbocycles. The molecular formula is C31H36ClN5O2. The standard InChI is InChI=1S/C31H36ClN5O2/c32-26-8-4-5-23(17-26)19-37-14-10-25-20-35(22-34-29(25)37)21-31(39)11-15-36(16-12-31)30(38)27-9-13-33-18-28(27)24-6-2-1-3-7-24/h1-8,10,14,17,20,27-28,33,39H,9,11-13,15-16,18-19,21-22H2/t27-,28+/m1/s1. The van der Waals surface area contributed by atoms with E-state index in [0.29, 0.717) is 45.7 Å². The molecule has 204 valence electrons. The van der Waals surface area contributed by atoms with Crippen LogP contribution in [-0.4, -0.2) is 70.4 Å². The number of halogens is 1. The van der Waals surface area contributed by atoms with Crippen molar-refractivity contribution < 1.29 is 9.90 Å². The maximum Gasteiger partial charge on any atom is 0.226 e. The molecule has 3 aromatic rings. The highest BCUT2D eigenvalue weighted by Gasteiger charge is 2.39. The molecule has 0 bridgehead atoms. The molecule has 0 spiro atoms. The molecule has 0 radical (unpaired) electrons. The summed E-state index contributed by atoms with van der Waals surface area (Å²) in [4.78, 5) is 22.5. The fourth-order valence-electron chi connectivity index (χ4n) is 6.33. The van der Waals surface area contributed by atoms with Crippen molar-refractivity contribution in [2.75, 3.05) is 39.4 Å². The Morgan fingerprint density at radius 2 is 1.92 bits per heavy atom. The fourth-order valence-corrected chi connectivity index (χ4v) is 6.55. The highest BCUT2D eigenvalue weighted by Crippen LogP contribution is 2.33. The molecule has 7 nitrogen and oxygen atoms in total. The van der Waals surface area contributed by atoms with Crippen LogP contribution >= 0.6 is 11.6 Å². The Bertz CT molecular complexity index is 1430. The molecule has 6 rings (SSSR count). The van der Waals surface area contributed by atoms with Gasteiger partial charge in [-0.15, -0.1) is 0 Å². The van der Waals surface area contributed by atoms with E-state index in [-0.39, 0.29) is 17.7 Å². The van der Waals surface area contributed by atoms with E-state index in [1.165, 1.54) is 5.56 Å². The molecule has 1 aromatic heterocycles. The van der Waals surface area contributed by atoms with Gasteiger partial charge in [0, 0.05) is 67.2 Å². The van der Waals surface area contributed by atoms with Gasteiger partial charge in [0.05, 0.1) is 5.60 Å². The maximum atomic E-state index is 13.6. The van der Waals surface area contributed by atoms with Crippen molar-refractivity contribution in [3.8, 4) is 0 Å². The summed E-state index contributed by atoms with van der Waals surface area (Å²) in [5, 5.41) is 16.7. The van der Waals surface area contributed by atoms with Crippen LogP contribution in [0.2, 0.25) is 5.02 Å². The van der Waals surface area contributed by atoms with Gasteiger partial charge in [-0.2, -0.15) is 0 Å². The zero-order valence-corrected chi connectivity index (χ0v) is 22.9. The van der Waals surface area contributed by atoms with Gasteiger partial charge in [0.1, 0.15) is 12.2 Å². The van der Waals surface area contributed by atoms with Gasteiger partial charge in [-0.05, 0) is 55.1 Å². The Morgan fingerprint density at radius 3 is 2.72 bits per heavy atom. The van der Waals surface area contributed by atoms with Gasteiger partial charge in [0.25, 0.3) is 0 Å². The van der Waals surface area contributed by atoms with Gasteiger partial charge in [-0.3, -0.25) is 4.79 Å². The lowest BCUT2D eigenvalue weighted by molar-refractivity contribution is -0.141. The smallest absolute Gasteiger partial charge is 0.226 e. The SMILES string of the molecule is O=C([C@@H]1CCNC[C@H]1c1ccccc1)N1CCC(O)(CN2C=c3ccn(Cc4cccc(Cl)c4)c3=NC2)CC1. The second-order valence-corrected chi connectivity index (χ2v) is 11.6. The second kappa shape index (κ2) is 11.2. The minimum Gasteiger partial charge on any atom is -0.388 e. The summed E-state index contributed by atoms with van der Waals surface area (Å²) in [7, 11) is 0.